The lowest BCUT2D eigenvalue weighted by Gasteiger charge is -2.11. The first-order valence-electron chi connectivity index (χ1n) is 8.00. The molecule has 0 saturated heterocycles. The number of nitrogens with zero attached hydrogens (tertiary/aromatic N) is 3. The van der Waals surface area contributed by atoms with Crippen molar-refractivity contribution in [1.82, 2.24) is 9.97 Å². The zero-order valence-electron chi connectivity index (χ0n) is 14.4. The van der Waals surface area contributed by atoms with Crippen LogP contribution in [-0.2, 0) is 0 Å². The van der Waals surface area contributed by atoms with Gasteiger partial charge in [0, 0.05) is 22.5 Å². The first-order chi connectivity index (χ1) is 13.5. The SMILES string of the molecule is NC(=O)c1cccc(Nc2ncc(N=O)c(Nc3cccc(C(N)=O)c3)n2)c1. The molecule has 2 aromatic carbocycles. The second-order valence-corrected chi connectivity index (χ2v) is 5.66. The van der Waals surface area contributed by atoms with Crippen LogP contribution < -0.4 is 22.1 Å². The van der Waals surface area contributed by atoms with Crippen LogP contribution >= 0.6 is 0 Å². The maximum atomic E-state index is 11.3. The van der Waals surface area contributed by atoms with Crippen molar-refractivity contribution in [2.45, 2.75) is 0 Å². The van der Waals surface area contributed by atoms with E-state index in [-0.39, 0.29) is 17.5 Å². The lowest BCUT2D eigenvalue weighted by molar-refractivity contribution is 0.0992. The average molecular weight is 377 g/mol. The van der Waals surface area contributed by atoms with Crippen molar-refractivity contribution in [2.75, 3.05) is 10.6 Å². The lowest BCUT2D eigenvalue weighted by atomic mass is 10.2. The van der Waals surface area contributed by atoms with Gasteiger partial charge in [-0.05, 0) is 41.6 Å². The van der Waals surface area contributed by atoms with Crippen LogP contribution in [0.25, 0.3) is 0 Å². The number of hydrogen-bond donors (Lipinski definition) is 4. The highest BCUT2D eigenvalue weighted by Crippen LogP contribution is 2.27. The van der Waals surface area contributed by atoms with Crippen LogP contribution in [0.1, 0.15) is 20.7 Å². The third-order valence-electron chi connectivity index (χ3n) is 3.68. The second kappa shape index (κ2) is 7.91. The van der Waals surface area contributed by atoms with Crippen LogP contribution in [0.4, 0.5) is 28.8 Å². The molecule has 0 unspecified atom stereocenters. The Morgan fingerprint density at radius 2 is 1.46 bits per heavy atom. The molecule has 10 nitrogen and oxygen atoms in total. The summed E-state index contributed by atoms with van der Waals surface area (Å²) in [6, 6.07) is 12.9. The molecule has 1 heterocycles. The highest BCUT2D eigenvalue weighted by molar-refractivity contribution is 5.94. The normalized spacial score (nSPS) is 10.1. The van der Waals surface area contributed by atoms with Gasteiger partial charge in [0.2, 0.25) is 17.8 Å². The fraction of sp³-hybridized carbons (Fsp3) is 0. The van der Waals surface area contributed by atoms with Crippen LogP contribution in [0, 0.1) is 4.91 Å². The Balaban J connectivity index is 1.89. The van der Waals surface area contributed by atoms with Crippen molar-refractivity contribution < 1.29 is 9.59 Å². The van der Waals surface area contributed by atoms with E-state index in [0.717, 1.165) is 0 Å². The maximum Gasteiger partial charge on any atom is 0.248 e. The van der Waals surface area contributed by atoms with Crippen molar-refractivity contribution in [2.24, 2.45) is 16.6 Å². The molecule has 0 atom stereocenters. The molecule has 3 rings (SSSR count). The number of amides is 2. The van der Waals surface area contributed by atoms with Gasteiger partial charge in [-0.25, -0.2) is 4.98 Å². The average Bonchev–Trinajstić information content (AvgIpc) is 2.68. The zero-order valence-corrected chi connectivity index (χ0v) is 14.4. The highest BCUT2D eigenvalue weighted by Gasteiger charge is 2.11. The molecule has 0 aliphatic carbocycles. The van der Waals surface area contributed by atoms with Crippen molar-refractivity contribution in [1.29, 1.82) is 0 Å². The summed E-state index contributed by atoms with van der Waals surface area (Å²) < 4.78 is 0. The zero-order chi connectivity index (χ0) is 20.1. The molecule has 0 radical (unpaired) electrons. The molecule has 0 saturated carbocycles. The van der Waals surface area contributed by atoms with Gasteiger partial charge in [-0.2, -0.15) is 4.98 Å². The Morgan fingerprint density at radius 1 is 0.893 bits per heavy atom. The van der Waals surface area contributed by atoms with Crippen molar-refractivity contribution >= 4 is 40.6 Å². The van der Waals surface area contributed by atoms with Gasteiger partial charge in [-0.3, -0.25) is 9.59 Å². The van der Waals surface area contributed by atoms with E-state index in [1.807, 2.05) is 0 Å². The molecule has 2 amide bonds. The number of nitrogens with two attached hydrogens (primary N) is 2. The van der Waals surface area contributed by atoms with Crippen LogP contribution in [-0.4, -0.2) is 21.8 Å². The minimum atomic E-state index is -0.586. The van der Waals surface area contributed by atoms with Crippen LogP contribution in [0.15, 0.2) is 59.9 Å². The predicted molar refractivity (Wildman–Crippen MR) is 104 cm³/mol. The molecule has 0 fully saturated rings. The first kappa shape index (κ1) is 18.5. The number of benzene rings is 2. The Labute approximate surface area is 159 Å². The number of anilines is 4. The molecule has 0 aliphatic heterocycles. The van der Waals surface area contributed by atoms with Gasteiger partial charge in [-0.1, -0.05) is 12.1 Å². The van der Waals surface area contributed by atoms with E-state index in [0.29, 0.717) is 22.5 Å². The number of carbonyl (C=O) groups is 2. The minimum Gasteiger partial charge on any atom is -0.366 e. The van der Waals surface area contributed by atoms with Gasteiger partial charge in [0.05, 0.1) is 6.20 Å². The van der Waals surface area contributed by atoms with Gasteiger partial charge in [0.1, 0.15) is 0 Å². The van der Waals surface area contributed by atoms with Crippen molar-refractivity contribution in [3.05, 3.63) is 70.8 Å². The number of rotatable bonds is 7. The molecule has 3 aromatic rings. The number of hydrogen-bond acceptors (Lipinski definition) is 8. The van der Waals surface area contributed by atoms with E-state index >= 15 is 0 Å². The summed E-state index contributed by atoms with van der Waals surface area (Å²) in [4.78, 5) is 41.9. The number of primary amides is 2. The number of nitroso groups, excluding NO2 is 1. The standard InChI is InChI=1S/C18H15N7O3/c19-15(26)10-3-1-5-12(7-10)22-17-14(25-28)9-21-18(24-17)23-13-6-2-4-11(8-13)16(20)27/h1-9H,(H2,19,26)(H2,20,27)(H2,21,22,23,24). The van der Waals surface area contributed by atoms with Crippen LogP contribution in [0.5, 0.6) is 0 Å². The smallest absolute Gasteiger partial charge is 0.248 e. The van der Waals surface area contributed by atoms with Gasteiger partial charge in [-0.15, -0.1) is 4.91 Å². The Bertz CT molecular complexity index is 1070. The monoisotopic (exact) mass is 377 g/mol. The van der Waals surface area contributed by atoms with E-state index in [2.05, 4.69) is 25.8 Å². The van der Waals surface area contributed by atoms with Gasteiger partial charge >= 0.3 is 0 Å². The molecule has 28 heavy (non-hydrogen) atoms. The largest absolute Gasteiger partial charge is 0.366 e. The molecule has 0 aliphatic rings. The van der Waals surface area contributed by atoms with E-state index in [1.165, 1.54) is 12.3 Å². The summed E-state index contributed by atoms with van der Waals surface area (Å²) >= 11 is 0. The van der Waals surface area contributed by atoms with Gasteiger partial charge in [0.15, 0.2) is 11.5 Å². The molecule has 140 valence electrons. The summed E-state index contributed by atoms with van der Waals surface area (Å²) in [6.45, 7) is 0. The quantitative estimate of drug-likeness (QED) is 0.459. The Kier molecular flexibility index (Phi) is 5.21. The van der Waals surface area contributed by atoms with Gasteiger partial charge < -0.3 is 22.1 Å². The molecular formula is C18H15N7O3. The number of nitrogens with one attached hydrogen (secondary N) is 2. The van der Waals surface area contributed by atoms with E-state index < -0.39 is 11.8 Å². The molecule has 6 N–H and O–H groups in total. The summed E-state index contributed by atoms with van der Waals surface area (Å²) in [5.74, 6) is -0.874. The van der Waals surface area contributed by atoms with Crippen molar-refractivity contribution in [3.63, 3.8) is 0 Å². The number of carbonyl (C=O) groups excluding carboxylic acids is 2. The van der Waals surface area contributed by atoms with Crippen molar-refractivity contribution in [3.8, 4) is 0 Å². The molecule has 10 heteroatoms. The third kappa shape index (κ3) is 4.25. The molecule has 0 spiro atoms. The first-order valence-corrected chi connectivity index (χ1v) is 8.00. The van der Waals surface area contributed by atoms with Crippen LogP contribution in [0.2, 0.25) is 0 Å². The number of aromatic nitrogens is 2. The predicted octanol–water partition coefficient (Wildman–Crippen LogP) is 2.56. The summed E-state index contributed by atoms with van der Waals surface area (Å²) in [6.07, 6.45) is 1.24. The topological polar surface area (TPSA) is 165 Å². The Hall–Kier alpha value is -4.34. The van der Waals surface area contributed by atoms with Gasteiger partial charge in [0.25, 0.3) is 0 Å². The van der Waals surface area contributed by atoms with E-state index in [1.54, 1.807) is 42.5 Å². The Morgan fingerprint density at radius 3 is 2.00 bits per heavy atom. The third-order valence-corrected chi connectivity index (χ3v) is 3.68. The fourth-order valence-corrected chi connectivity index (χ4v) is 2.36. The molecular weight excluding hydrogens is 362 g/mol. The highest BCUT2D eigenvalue weighted by atomic mass is 16.3. The summed E-state index contributed by atoms with van der Waals surface area (Å²) in [5.41, 5.74) is 12.1. The van der Waals surface area contributed by atoms with E-state index in [9.17, 15) is 14.5 Å². The lowest BCUT2D eigenvalue weighted by Crippen LogP contribution is -2.11. The maximum absolute atomic E-state index is 11.3. The van der Waals surface area contributed by atoms with Crippen LogP contribution in [0.3, 0.4) is 0 Å². The summed E-state index contributed by atoms with van der Waals surface area (Å²) in [5, 5.41) is 8.72. The van der Waals surface area contributed by atoms with E-state index in [4.69, 9.17) is 11.5 Å². The minimum absolute atomic E-state index is 0.0269. The fourth-order valence-electron chi connectivity index (χ4n) is 2.36. The second-order valence-electron chi connectivity index (χ2n) is 5.66. The summed E-state index contributed by atoms with van der Waals surface area (Å²) in [7, 11) is 0. The molecule has 1 aromatic heterocycles. The molecule has 0 bridgehead atoms.